The van der Waals surface area contributed by atoms with Crippen LogP contribution in [0.25, 0.3) is 0 Å². The molecule has 1 heterocycles. The average molecular weight is 332 g/mol. The molecule has 5 nitrogen and oxygen atoms in total. The van der Waals surface area contributed by atoms with Gasteiger partial charge in [-0.3, -0.25) is 4.90 Å². The number of aliphatic imine (C=N–C) groups is 1. The molecule has 1 aliphatic rings. The van der Waals surface area contributed by atoms with Gasteiger partial charge in [0.2, 0.25) is 0 Å². The summed E-state index contributed by atoms with van der Waals surface area (Å²) >= 11 is 0. The van der Waals surface area contributed by atoms with Crippen molar-refractivity contribution in [3.8, 4) is 0 Å². The Labute approximate surface area is 146 Å². The van der Waals surface area contributed by atoms with Gasteiger partial charge in [0.1, 0.15) is 0 Å². The van der Waals surface area contributed by atoms with Gasteiger partial charge >= 0.3 is 0 Å². The molecule has 1 fully saturated rings. The summed E-state index contributed by atoms with van der Waals surface area (Å²) in [7, 11) is 4.08. The first-order valence-electron chi connectivity index (χ1n) is 8.89. The number of ether oxygens (including phenoxy) is 1. The maximum absolute atomic E-state index is 5.49. The van der Waals surface area contributed by atoms with Crippen LogP contribution in [0.2, 0.25) is 0 Å². The fourth-order valence-corrected chi connectivity index (χ4v) is 3.00. The number of morpholine rings is 1. The maximum atomic E-state index is 5.49. The molecule has 0 aliphatic carbocycles. The van der Waals surface area contributed by atoms with Crippen molar-refractivity contribution in [1.29, 1.82) is 0 Å². The lowest BCUT2D eigenvalue weighted by atomic mass is 10.0. The highest BCUT2D eigenvalue weighted by Crippen LogP contribution is 2.12. The Morgan fingerprint density at radius 2 is 1.88 bits per heavy atom. The van der Waals surface area contributed by atoms with Gasteiger partial charge in [0, 0.05) is 39.8 Å². The van der Waals surface area contributed by atoms with E-state index in [0.29, 0.717) is 18.5 Å². The number of hydrogen-bond donors (Lipinski definition) is 1. The van der Waals surface area contributed by atoms with Crippen LogP contribution in [0.3, 0.4) is 0 Å². The van der Waals surface area contributed by atoms with E-state index in [1.165, 1.54) is 5.56 Å². The van der Waals surface area contributed by atoms with Crippen LogP contribution >= 0.6 is 0 Å². The molecular formula is C19H32N4O. The van der Waals surface area contributed by atoms with Gasteiger partial charge in [-0.2, -0.15) is 0 Å². The second kappa shape index (κ2) is 9.64. The molecule has 24 heavy (non-hydrogen) atoms. The molecule has 0 amide bonds. The molecular weight excluding hydrogens is 300 g/mol. The molecule has 0 aromatic heterocycles. The minimum atomic E-state index is 0.496. The Balaban J connectivity index is 1.95. The molecule has 1 aliphatic heterocycles. The van der Waals surface area contributed by atoms with Crippen molar-refractivity contribution in [2.24, 2.45) is 10.9 Å². The van der Waals surface area contributed by atoms with E-state index in [9.17, 15) is 0 Å². The molecule has 0 saturated carbocycles. The maximum Gasteiger partial charge on any atom is 0.193 e. The van der Waals surface area contributed by atoms with Crippen molar-refractivity contribution < 1.29 is 4.74 Å². The summed E-state index contributed by atoms with van der Waals surface area (Å²) in [5.41, 5.74) is 1.23. The van der Waals surface area contributed by atoms with Crippen molar-refractivity contribution >= 4 is 5.96 Å². The Bertz CT molecular complexity index is 495. The number of benzene rings is 1. The molecule has 1 aromatic rings. The Hall–Kier alpha value is -1.59. The Kier molecular flexibility index (Phi) is 7.53. The second-order valence-corrected chi connectivity index (χ2v) is 6.86. The topological polar surface area (TPSA) is 40.1 Å². The molecule has 1 unspecified atom stereocenters. The second-order valence-electron chi connectivity index (χ2n) is 6.86. The van der Waals surface area contributed by atoms with Gasteiger partial charge in [0.05, 0.1) is 19.8 Å². The highest BCUT2D eigenvalue weighted by Gasteiger charge is 2.24. The first kappa shape index (κ1) is 18.7. The van der Waals surface area contributed by atoms with E-state index in [2.05, 4.69) is 53.2 Å². The minimum absolute atomic E-state index is 0.496. The van der Waals surface area contributed by atoms with Crippen LogP contribution in [0.15, 0.2) is 35.3 Å². The molecule has 2 rings (SSSR count). The smallest absolute Gasteiger partial charge is 0.193 e. The third-order valence-corrected chi connectivity index (χ3v) is 4.43. The number of rotatable bonds is 6. The zero-order valence-corrected chi connectivity index (χ0v) is 15.5. The summed E-state index contributed by atoms with van der Waals surface area (Å²) in [4.78, 5) is 9.35. The highest BCUT2D eigenvalue weighted by atomic mass is 16.5. The molecule has 0 spiro atoms. The van der Waals surface area contributed by atoms with E-state index in [1.807, 2.05) is 20.2 Å². The molecule has 1 aromatic carbocycles. The van der Waals surface area contributed by atoms with Gasteiger partial charge in [-0.25, -0.2) is 4.99 Å². The number of hydrogen-bond acceptors (Lipinski definition) is 3. The molecule has 5 heteroatoms. The van der Waals surface area contributed by atoms with Gasteiger partial charge in [0.15, 0.2) is 5.96 Å². The summed E-state index contributed by atoms with van der Waals surface area (Å²) in [5.74, 6) is 1.53. The van der Waals surface area contributed by atoms with Gasteiger partial charge < -0.3 is 15.0 Å². The van der Waals surface area contributed by atoms with E-state index < -0.39 is 0 Å². The van der Waals surface area contributed by atoms with E-state index in [0.717, 1.165) is 38.8 Å². The molecule has 1 N–H and O–H groups in total. The van der Waals surface area contributed by atoms with Gasteiger partial charge in [-0.05, 0) is 11.5 Å². The monoisotopic (exact) mass is 332 g/mol. The lowest BCUT2D eigenvalue weighted by molar-refractivity contribution is 0.00744. The fraction of sp³-hybridized carbons (Fsp3) is 0.632. The van der Waals surface area contributed by atoms with Crippen molar-refractivity contribution in [3.63, 3.8) is 0 Å². The van der Waals surface area contributed by atoms with Crippen LogP contribution in [0.1, 0.15) is 19.4 Å². The van der Waals surface area contributed by atoms with Crippen molar-refractivity contribution in [1.82, 2.24) is 15.1 Å². The predicted octanol–water partition coefficient (Wildman–Crippen LogP) is 2.05. The van der Waals surface area contributed by atoms with Crippen molar-refractivity contribution in [2.45, 2.75) is 26.4 Å². The quantitative estimate of drug-likeness (QED) is 0.639. The Morgan fingerprint density at radius 1 is 1.21 bits per heavy atom. The van der Waals surface area contributed by atoms with Gasteiger partial charge in [0.25, 0.3) is 0 Å². The first-order valence-corrected chi connectivity index (χ1v) is 8.89. The summed E-state index contributed by atoms with van der Waals surface area (Å²) in [6, 6.07) is 10.9. The van der Waals surface area contributed by atoms with Crippen LogP contribution in [0, 0.1) is 5.92 Å². The summed E-state index contributed by atoms with van der Waals surface area (Å²) < 4.78 is 5.49. The standard InChI is InChI=1S/C19H32N4O/c1-16(2)18(23-10-12-24-13-11-23)15-21-19(22(3)4)20-14-17-8-6-5-7-9-17/h5-9,16,18H,10-15H2,1-4H3,(H,20,21). The first-order chi connectivity index (χ1) is 11.6. The summed E-state index contributed by atoms with van der Waals surface area (Å²) in [6.45, 7) is 9.90. The Morgan fingerprint density at radius 3 is 2.46 bits per heavy atom. The van der Waals surface area contributed by atoms with Crippen molar-refractivity contribution in [2.75, 3.05) is 46.9 Å². The van der Waals surface area contributed by atoms with E-state index >= 15 is 0 Å². The number of nitrogens with zero attached hydrogens (tertiary/aromatic N) is 3. The molecule has 1 saturated heterocycles. The van der Waals surface area contributed by atoms with E-state index in [4.69, 9.17) is 9.73 Å². The van der Waals surface area contributed by atoms with Crippen molar-refractivity contribution in [3.05, 3.63) is 35.9 Å². The SMILES string of the molecule is CC(C)C(CNC(=NCc1ccccc1)N(C)C)N1CCOCC1. The van der Waals surface area contributed by atoms with Crippen LogP contribution in [0.5, 0.6) is 0 Å². The lowest BCUT2D eigenvalue weighted by Crippen LogP contribution is -2.52. The van der Waals surface area contributed by atoms with E-state index in [-0.39, 0.29) is 0 Å². The molecule has 0 bridgehead atoms. The largest absolute Gasteiger partial charge is 0.379 e. The molecule has 1 atom stereocenters. The van der Waals surface area contributed by atoms with Crippen LogP contribution in [-0.2, 0) is 11.3 Å². The average Bonchev–Trinajstić information content (AvgIpc) is 2.59. The van der Waals surface area contributed by atoms with Crippen LogP contribution in [0.4, 0.5) is 0 Å². The predicted molar refractivity (Wildman–Crippen MR) is 100 cm³/mol. The minimum Gasteiger partial charge on any atom is -0.379 e. The number of guanidine groups is 1. The summed E-state index contributed by atoms with van der Waals surface area (Å²) in [6.07, 6.45) is 0. The summed E-state index contributed by atoms with van der Waals surface area (Å²) in [5, 5.41) is 3.56. The molecule has 0 radical (unpaired) electrons. The third kappa shape index (κ3) is 5.80. The zero-order chi connectivity index (χ0) is 17.4. The van der Waals surface area contributed by atoms with Gasteiger partial charge in [-0.1, -0.05) is 44.2 Å². The normalized spacial score (nSPS) is 17.8. The lowest BCUT2D eigenvalue weighted by Gasteiger charge is -2.37. The highest BCUT2D eigenvalue weighted by molar-refractivity contribution is 5.79. The molecule has 134 valence electrons. The number of nitrogens with one attached hydrogen (secondary N) is 1. The third-order valence-electron chi connectivity index (χ3n) is 4.43. The van der Waals surface area contributed by atoms with Gasteiger partial charge in [-0.15, -0.1) is 0 Å². The fourth-order valence-electron chi connectivity index (χ4n) is 3.00. The van der Waals surface area contributed by atoms with Crippen LogP contribution in [-0.4, -0.2) is 68.7 Å². The zero-order valence-electron chi connectivity index (χ0n) is 15.5. The van der Waals surface area contributed by atoms with E-state index in [1.54, 1.807) is 0 Å². The van der Waals surface area contributed by atoms with Crippen LogP contribution < -0.4 is 5.32 Å².